The second-order valence-corrected chi connectivity index (χ2v) is 4.71. The molecule has 1 aromatic carbocycles. The fourth-order valence-corrected chi connectivity index (χ4v) is 2.30. The average molecular weight is 252 g/mol. The maximum absolute atomic E-state index is 13.3. The Hall–Kier alpha value is -1.46. The molecule has 0 aliphatic rings. The molecule has 0 aliphatic heterocycles. The summed E-state index contributed by atoms with van der Waals surface area (Å²) >= 11 is 1.50. The van der Waals surface area contributed by atoms with Crippen LogP contribution in [0.3, 0.4) is 0 Å². The minimum absolute atomic E-state index is 0.245. The van der Waals surface area contributed by atoms with E-state index in [1.165, 1.54) is 17.4 Å². The highest BCUT2D eigenvalue weighted by Gasteiger charge is 2.08. The number of para-hydroxylation sites is 1. The Morgan fingerprint density at radius 3 is 2.82 bits per heavy atom. The second kappa shape index (κ2) is 5.25. The van der Waals surface area contributed by atoms with E-state index in [0.717, 1.165) is 15.6 Å². The highest BCUT2D eigenvalue weighted by atomic mass is 32.1. The van der Waals surface area contributed by atoms with Crippen LogP contribution < -0.4 is 10.5 Å². The molecule has 2 aromatic rings. The average Bonchev–Trinajstić information content (AvgIpc) is 2.69. The third-order valence-corrected chi connectivity index (χ3v) is 3.46. The normalized spacial score (nSPS) is 10.5. The smallest absolute Gasteiger partial charge is 0.165 e. The molecule has 0 unspecified atom stereocenters. The second-order valence-electron chi connectivity index (χ2n) is 3.54. The Morgan fingerprint density at radius 2 is 2.18 bits per heavy atom. The number of halogens is 1. The number of nitrogens with zero attached hydrogens (tertiary/aromatic N) is 1. The van der Waals surface area contributed by atoms with Crippen molar-refractivity contribution in [2.45, 2.75) is 20.1 Å². The van der Waals surface area contributed by atoms with Crippen LogP contribution in [-0.2, 0) is 13.2 Å². The topological polar surface area (TPSA) is 48.1 Å². The lowest BCUT2D eigenvalue weighted by Gasteiger charge is -2.04. The molecule has 2 N–H and O–H groups in total. The van der Waals surface area contributed by atoms with Crippen LogP contribution >= 0.6 is 11.3 Å². The first-order chi connectivity index (χ1) is 8.20. The Balaban J connectivity index is 2.05. The lowest BCUT2D eigenvalue weighted by molar-refractivity contribution is 0.289. The number of thiazole rings is 1. The number of nitrogens with two attached hydrogens (primary N) is 1. The molecule has 1 heterocycles. The zero-order valence-corrected chi connectivity index (χ0v) is 10.3. The van der Waals surface area contributed by atoms with Gasteiger partial charge in [0.25, 0.3) is 0 Å². The summed E-state index contributed by atoms with van der Waals surface area (Å²) in [7, 11) is 0. The molecule has 1 aromatic heterocycles. The minimum Gasteiger partial charge on any atom is -0.483 e. The summed E-state index contributed by atoms with van der Waals surface area (Å²) in [4.78, 5) is 5.36. The van der Waals surface area contributed by atoms with Crippen molar-refractivity contribution in [1.82, 2.24) is 4.98 Å². The molecule has 0 bridgehead atoms. The van der Waals surface area contributed by atoms with Crippen LogP contribution in [0.4, 0.5) is 4.39 Å². The van der Waals surface area contributed by atoms with Crippen LogP contribution in [-0.4, -0.2) is 4.98 Å². The van der Waals surface area contributed by atoms with Gasteiger partial charge in [-0.1, -0.05) is 12.1 Å². The van der Waals surface area contributed by atoms with Gasteiger partial charge in [0.1, 0.15) is 11.6 Å². The lowest BCUT2D eigenvalue weighted by Crippen LogP contribution is -1.96. The van der Waals surface area contributed by atoms with Crippen molar-refractivity contribution >= 4 is 11.3 Å². The molecular weight excluding hydrogens is 239 g/mol. The van der Waals surface area contributed by atoms with E-state index in [9.17, 15) is 4.39 Å². The van der Waals surface area contributed by atoms with Gasteiger partial charge >= 0.3 is 0 Å². The predicted octanol–water partition coefficient (Wildman–Crippen LogP) is 2.63. The van der Waals surface area contributed by atoms with Crippen molar-refractivity contribution in [2.75, 3.05) is 0 Å². The summed E-state index contributed by atoms with van der Waals surface area (Å²) in [5.74, 6) is -0.116. The highest BCUT2D eigenvalue weighted by Crippen LogP contribution is 2.21. The molecule has 0 fully saturated rings. The summed E-state index contributed by atoms with van der Waals surface area (Å²) in [5, 5.41) is 0.811. The summed E-state index contributed by atoms with van der Waals surface area (Å²) in [6.45, 7) is 2.65. The zero-order valence-electron chi connectivity index (χ0n) is 9.44. The molecule has 0 saturated heterocycles. The molecule has 90 valence electrons. The zero-order chi connectivity index (χ0) is 12.3. The van der Waals surface area contributed by atoms with Crippen LogP contribution in [0.1, 0.15) is 15.6 Å². The standard InChI is InChI=1S/C12H13FN2OS/c1-8-11(6-14)17-12(15-8)7-16-10-5-3-2-4-9(10)13/h2-5H,6-7,14H2,1H3. The molecule has 0 saturated carbocycles. The molecule has 0 amide bonds. The Morgan fingerprint density at radius 1 is 1.41 bits per heavy atom. The van der Waals surface area contributed by atoms with Gasteiger partial charge < -0.3 is 10.5 Å². The third kappa shape index (κ3) is 2.81. The number of rotatable bonds is 4. The first-order valence-electron chi connectivity index (χ1n) is 5.23. The number of hydrogen-bond acceptors (Lipinski definition) is 4. The van der Waals surface area contributed by atoms with Crippen LogP contribution in [0.15, 0.2) is 24.3 Å². The monoisotopic (exact) mass is 252 g/mol. The van der Waals surface area contributed by atoms with Crippen molar-refractivity contribution < 1.29 is 9.13 Å². The SMILES string of the molecule is Cc1nc(COc2ccccc2F)sc1CN. The van der Waals surface area contributed by atoms with E-state index in [4.69, 9.17) is 10.5 Å². The molecule has 17 heavy (non-hydrogen) atoms. The van der Waals surface area contributed by atoms with Crippen LogP contribution in [0.2, 0.25) is 0 Å². The summed E-state index contributed by atoms with van der Waals surface area (Å²) < 4.78 is 18.6. The fourth-order valence-electron chi connectivity index (χ4n) is 1.44. The van der Waals surface area contributed by atoms with Crippen LogP contribution in [0.5, 0.6) is 5.75 Å². The van der Waals surface area contributed by atoms with Gasteiger partial charge in [-0.15, -0.1) is 11.3 Å². The molecule has 5 heteroatoms. The van der Waals surface area contributed by atoms with Gasteiger partial charge in [-0.3, -0.25) is 0 Å². The largest absolute Gasteiger partial charge is 0.483 e. The summed E-state index contributed by atoms with van der Waals surface area (Å²) in [6, 6.07) is 6.33. The first-order valence-corrected chi connectivity index (χ1v) is 6.05. The lowest BCUT2D eigenvalue weighted by atomic mass is 10.3. The van der Waals surface area contributed by atoms with E-state index in [0.29, 0.717) is 6.54 Å². The van der Waals surface area contributed by atoms with Crippen molar-refractivity contribution in [3.05, 3.63) is 45.7 Å². The van der Waals surface area contributed by atoms with Gasteiger partial charge in [-0.05, 0) is 19.1 Å². The van der Waals surface area contributed by atoms with Crippen LogP contribution in [0, 0.1) is 12.7 Å². The van der Waals surface area contributed by atoms with Gasteiger partial charge in [-0.2, -0.15) is 0 Å². The molecule has 0 spiro atoms. The molecule has 0 atom stereocenters. The number of ether oxygens (including phenoxy) is 1. The maximum Gasteiger partial charge on any atom is 0.165 e. The van der Waals surface area contributed by atoms with Crippen LogP contribution in [0.25, 0.3) is 0 Å². The molecule has 0 radical (unpaired) electrons. The number of benzene rings is 1. The third-order valence-electron chi connectivity index (χ3n) is 2.31. The Labute approximate surface area is 103 Å². The maximum atomic E-state index is 13.3. The van der Waals surface area contributed by atoms with E-state index in [1.807, 2.05) is 6.92 Å². The van der Waals surface area contributed by atoms with E-state index in [-0.39, 0.29) is 18.2 Å². The predicted molar refractivity (Wildman–Crippen MR) is 65.5 cm³/mol. The number of aromatic nitrogens is 1. The number of hydrogen-bond donors (Lipinski definition) is 1. The van der Waals surface area contributed by atoms with E-state index in [1.54, 1.807) is 18.2 Å². The number of aryl methyl sites for hydroxylation is 1. The highest BCUT2D eigenvalue weighted by molar-refractivity contribution is 7.11. The molecule has 3 nitrogen and oxygen atoms in total. The Kier molecular flexibility index (Phi) is 3.71. The van der Waals surface area contributed by atoms with Gasteiger partial charge in [0.05, 0.1) is 5.69 Å². The van der Waals surface area contributed by atoms with E-state index in [2.05, 4.69) is 4.98 Å². The summed E-state index contributed by atoms with van der Waals surface area (Å²) in [5.41, 5.74) is 6.49. The summed E-state index contributed by atoms with van der Waals surface area (Å²) in [6.07, 6.45) is 0. The van der Waals surface area contributed by atoms with E-state index < -0.39 is 0 Å². The quantitative estimate of drug-likeness (QED) is 0.910. The molecule has 2 rings (SSSR count). The minimum atomic E-state index is -0.361. The van der Waals surface area contributed by atoms with Gasteiger partial charge in [0.2, 0.25) is 0 Å². The molecular formula is C12H13FN2OS. The molecule has 0 aliphatic carbocycles. The van der Waals surface area contributed by atoms with Crippen molar-refractivity contribution in [3.8, 4) is 5.75 Å². The van der Waals surface area contributed by atoms with Crippen molar-refractivity contribution in [1.29, 1.82) is 0 Å². The Bertz CT molecular complexity index is 513. The fraction of sp³-hybridized carbons (Fsp3) is 0.250. The van der Waals surface area contributed by atoms with Gasteiger partial charge in [0.15, 0.2) is 11.6 Å². The van der Waals surface area contributed by atoms with E-state index >= 15 is 0 Å². The van der Waals surface area contributed by atoms with Crippen molar-refractivity contribution in [3.63, 3.8) is 0 Å². The van der Waals surface area contributed by atoms with Gasteiger partial charge in [-0.25, -0.2) is 9.37 Å². The van der Waals surface area contributed by atoms with Gasteiger partial charge in [0, 0.05) is 11.4 Å². The van der Waals surface area contributed by atoms with Crippen molar-refractivity contribution in [2.24, 2.45) is 5.73 Å². The first kappa shape index (κ1) is 12.0.